The molecule has 0 fully saturated rings. The van der Waals surface area contributed by atoms with Crippen molar-refractivity contribution in [1.29, 1.82) is 0 Å². The van der Waals surface area contributed by atoms with E-state index in [0.717, 1.165) is 6.26 Å². The SMILES string of the molecule is [C-]#[N+]/C(=N/OS(C)(=O)=O)C(=O)OCC. The van der Waals surface area contributed by atoms with Gasteiger partial charge >= 0.3 is 21.9 Å². The quantitative estimate of drug-likeness (QED) is 0.215. The molecule has 8 heteroatoms. The minimum Gasteiger partial charge on any atom is -0.470 e. The van der Waals surface area contributed by atoms with Gasteiger partial charge in [-0.05, 0) is 6.92 Å². The molecule has 7 nitrogen and oxygen atoms in total. The zero-order valence-corrected chi connectivity index (χ0v) is 8.37. The summed E-state index contributed by atoms with van der Waals surface area (Å²) in [6.07, 6.45) is 0.739. The fourth-order valence-corrected chi connectivity index (χ4v) is 0.608. The lowest BCUT2D eigenvalue weighted by atomic mass is 10.6. The van der Waals surface area contributed by atoms with Crippen molar-refractivity contribution >= 4 is 21.9 Å². The average molecular weight is 220 g/mol. The lowest BCUT2D eigenvalue weighted by Crippen LogP contribution is -2.15. The number of ether oxygens (including phenoxy) is 1. The summed E-state index contributed by atoms with van der Waals surface area (Å²) in [6, 6.07) is 0. The van der Waals surface area contributed by atoms with Gasteiger partial charge in [-0.1, -0.05) is 6.57 Å². The standard InChI is InChI=1S/C6H8N2O5S/c1-4-12-6(9)5(7-2)8-13-14(3,10)11/h4H2,1,3H3/b8-5+. The second-order valence-corrected chi connectivity index (χ2v) is 3.58. The van der Waals surface area contributed by atoms with Gasteiger partial charge in [-0.15, -0.1) is 0 Å². The Hall–Kier alpha value is -1.62. The van der Waals surface area contributed by atoms with Crippen molar-refractivity contribution in [2.45, 2.75) is 6.92 Å². The molecule has 0 saturated carbocycles. The topological polar surface area (TPSA) is 86.4 Å². The second-order valence-electron chi connectivity index (χ2n) is 2.03. The van der Waals surface area contributed by atoms with E-state index in [4.69, 9.17) is 6.57 Å². The molecule has 0 atom stereocenters. The van der Waals surface area contributed by atoms with Gasteiger partial charge in [0, 0.05) is 0 Å². The molecule has 0 radical (unpaired) electrons. The van der Waals surface area contributed by atoms with Crippen LogP contribution >= 0.6 is 0 Å². The second kappa shape index (κ2) is 5.18. The van der Waals surface area contributed by atoms with Gasteiger partial charge in [0.25, 0.3) is 0 Å². The van der Waals surface area contributed by atoms with Crippen molar-refractivity contribution in [3.05, 3.63) is 11.4 Å². The zero-order chi connectivity index (χ0) is 11.2. The zero-order valence-electron chi connectivity index (χ0n) is 7.55. The van der Waals surface area contributed by atoms with Gasteiger partial charge in [0.05, 0.1) is 18.0 Å². The molecule has 0 aliphatic carbocycles. The van der Waals surface area contributed by atoms with E-state index in [0.29, 0.717) is 0 Å². The van der Waals surface area contributed by atoms with Crippen LogP contribution in [0.15, 0.2) is 5.16 Å². The summed E-state index contributed by atoms with van der Waals surface area (Å²) in [7, 11) is -3.82. The van der Waals surface area contributed by atoms with Crippen LogP contribution in [0, 0.1) is 6.57 Å². The molecule has 0 N–H and O–H groups in total. The summed E-state index contributed by atoms with van der Waals surface area (Å²) in [4.78, 5) is 13.5. The molecule has 0 amide bonds. The largest absolute Gasteiger partial charge is 0.470 e. The highest BCUT2D eigenvalue weighted by atomic mass is 32.2. The molecular formula is C6H8N2O5S. The van der Waals surface area contributed by atoms with Crippen molar-refractivity contribution in [2.24, 2.45) is 5.16 Å². The van der Waals surface area contributed by atoms with Crippen LogP contribution in [0.2, 0.25) is 0 Å². The van der Waals surface area contributed by atoms with Crippen LogP contribution in [0.5, 0.6) is 0 Å². The number of carbonyl (C=O) groups is 1. The molecular weight excluding hydrogens is 212 g/mol. The Morgan fingerprint density at radius 1 is 1.57 bits per heavy atom. The van der Waals surface area contributed by atoms with Crippen molar-refractivity contribution < 1.29 is 22.2 Å². The van der Waals surface area contributed by atoms with Crippen LogP contribution in [0.3, 0.4) is 0 Å². The Balaban J connectivity index is 4.59. The molecule has 0 aromatic heterocycles. The molecule has 0 saturated heterocycles. The van der Waals surface area contributed by atoms with Gasteiger partial charge < -0.3 is 9.58 Å². The van der Waals surface area contributed by atoms with Crippen molar-refractivity contribution in [2.75, 3.05) is 12.9 Å². The number of esters is 1. The number of hydrogen-bond acceptors (Lipinski definition) is 6. The van der Waals surface area contributed by atoms with E-state index in [-0.39, 0.29) is 6.61 Å². The fraction of sp³-hybridized carbons (Fsp3) is 0.500. The molecule has 78 valence electrons. The third-order valence-corrected chi connectivity index (χ3v) is 1.17. The van der Waals surface area contributed by atoms with Crippen LogP contribution in [0.1, 0.15) is 6.92 Å². The Morgan fingerprint density at radius 3 is 2.50 bits per heavy atom. The first-order valence-electron chi connectivity index (χ1n) is 3.42. The summed E-state index contributed by atoms with van der Waals surface area (Å²) in [5.74, 6) is -1.79. The number of carbonyl (C=O) groups excluding carboxylic acids is 1. The maximum Gasteiger partial charge on any atom is 0.400 e. The highest BCUT2D eigenvalue weighted by Gasteiger charge is 2.16. The van der Waals surface area contributed by atoms with E-state index in [1.165, 1.54) is 6.92 Å². The molecule has 0 aliphatic rings. The molecule has 0 aliphatic heterocycles. The van der Waals surface area contributed by atoms with E-state index >= 15 is 0 Å². The molecule has 0 aromatic carbocycles. The third-order valence-electron chi connectivity index (χ3n) is 0.823. The lowest BCUT2D eigenvalue weighted by Gasteiger charge is -1.96. The Labute approximate surface area is 81.2 Å². The molecule has 0 heterocycles. The van der Waals surface area contributed by atoms with Gasteiger partial charge in [-0.25, -0.2) is 0 Å². The highest BCUT2D eigenvalue weighted by Crippen LogP contribution is 1.93. The highest BCUT2D eigenvalue weighted by molar-refractivity contribution is 7.85. The first-order valence-corrected chi connectivity index (χ1v) is 5.23. The number of amidine groups is 1. The van der Waals surface area contributed by atoms with Gasteiger partial charge in [-0.2, -0.15) is 12.7 Å². The van der Waals surface area contributed by atoms with Crippen molar-refractivity contribution in [3.63, 3.8) is 0 Å². The molecule has 0 aromatic rings. The smallest absolute Gasteiger partial charge is 0.400 e. The molecule has 0 unspecified atom stereocenters. The van der Waals surface area contributed by atoms with Crippen LogP contribution < -0.4 is 0 Å². The molecule has 0 bridgehead atoms. The molecule has 0 spiro atoms. The average Bonchev–Trinajstić information content (AvgIpc) is 2.03. The molecule has 0 rings (SSSR count). The van der Waals surface area contributed by atoms with Gasteiger partial charge in [0.2, 0.25) is 0 Å². The summed E-state index contributed by atoms with van der Waals surface area (Å²) in [5, 5.41) is 2.83. The summed E-state index contributed by atoms with van der Waals surface area (Å²) >= 11 is 0. The lowest BCUT2D eigenvalue weighted by molar-refractivity contribution is -0.135. The molecule has 14 heavy (non-hydrogen) atoms. The Bertz CT molecular complexity index is 378. The number of rotatable bonds is 3. The van der Waals surface area contributed by atoms with Crippen LogP contribution in [-0.4, -0.2) is 33.1 Å². The summed E-state index contributed by atoms with van der Waals surface area (Å²) in [6.45, 7) is 8.10. The van der Waals surface area contributed by atoms with E-state index in [2.05, 4.69) is 19.0 Å². The van der Waals surface area contributed by atoms with Crippen molar-refractivity contribution in [3.8, 4) is 0 Å². The predicted molar refractivity (Wildman–Crippen MR) is 46.6 cm³/mol. The Kier molecular flexibility index (Phi) is 4.58. The predicted octanol–water partition coefficient (Wildman–Crippen LogP) is -0.242. The minimum atomic E-state index is -3.82. The first kappa shape index (κ1) is 12.4. The van der Waals surface area contributed by atoms with E-state index in [9.17, 15) is 13.2 Å². The van der Waals surface area contributed by atoms with Gasteiger partial charge in [0.1, 0.15) is 0 Å². The first-order chi connectivity index (χ1) is 6.40. The Morgan fingerprint density at radius 2 is 2.14 bits per heavy atom. The number of oxime groups is 1. The van der Waals surface area contributed by atoms with Crippen LogP contribution in [-0.2, 0) is 23.9 Å². The van der Waals surface area contributed by atoms with E-state index in [1.807, 2.05) is 0 Å². The van der Waals surface area contributed by atoms with E-state index in [1.54, 1.807) is 0 Å². The fourth-order valence-electron chi connectivity index (χ4n) is 0.402. The summed E-state index contributed by atoms with van der Waals surface area (Å²) < 4.78 is 29.2. The summed E-state index contributed by atoms with van der Waals surface area (Å²) in [5.41, 5.74) is 0. The monoisotopic (exact) mass is 220 g/mol. The van der Waals surface area contributed by atoms with Gasteiger partial charge in [0.15, 0.2) is 0 Å². The van der Waals surface area contributed by atoms with E-state index < -0.39 is 21.9 Å². The minimum absolute atomic E-state index is 0.0618. The maximum atomic E-state index is 10.8. The number of hydrogen-bond donors (Lipinski definition) is 0. The normalized spacial score (nSPS) is 11.6. The maximum absolute atomic E-state index is 10.8. The van der Waals surface area contributed by atoms with Crippen molar-refractivity contribution in [1.82, 2.24) is 0 Å². The third kappa shape index (κ3) is 5.10. The van der Waals surface area contributed by atoms with Gasteiger partial charge in [-0.3, -0.25) is 4.79 Å². The van der Waals surface area contributed by atoms with Crippen LogP contribution in [0.25, 0.3) is 4.85 Å². The van der Waals surface area contributed by atoms with Crippen LogP contribution in [0.4, 0.5) is 0 Å². The number of nitrogens with zero attached hydrogens (tertiary/aromatic N) is 2.